The topological polar surface area (TPSA) is 94.3 Å². The number of hydrogen-bond donors (Lipinski definition) is 1. The first kappa shape index (κ1) is 15.1. The highest BCUT2D eigenvalue weighted by Gasteiger charge is 2.20. The summed E-state index contributed by atoms with van der Waals surface area (Å²) in [6.07, 6.45) is 5.21. The first-order chi connectivity index (χ1) is 12.1. The van der Waals surface area contributed by atoms with Crippen molar-refractivity contribution in [3.05, 3.63) is 58.7 Å². The number of imidazole rings is 2. The summed E-state index contributed by atoms with van der Waals surface area (Å²) in [4.78, 5) is 35.5. The van der Waals surface area contributed by atoms with Crippen LogP contribution in [0.25, 0.3) is 22.4 Å². The van der Waals surface area contributed by atoms with Crippen LogP contribution in [0.5, 0.6) is 0 Å². The monoisotopic (exact) mass is 337 g/mol. The minimum atomic E-state index is -0.540. The zero-order valence-electron chi connectivity index (χ0n) is 13.7. The van der Waals surface area contributed by atoms with Crippen LogP contribution in [-0.4, -0.2) is 36.5 Å². The normalized spacial score (nSPS) is 11.3. The molecule has 0 amide bonds. The van der Waals surface area contributed by atoms with E-state index in [0.29, 0.717) is 11.2 Å². The van der Waals surface area contributed by atoms with Gasteiger partial charge in [0.2, 0.25) is 5.65 Å². The van der Waals surface area contributed by atoms with Crippen molar-refractivity contribution in [2.24, 2.45) is 0 Å². The smallest absolute Gasteiger partial charge is 0.358 e. The van der Waals surface area contributed by atoms with E-state index >= 15 is 0 Å². The molecule has 25 heavy (non-hydrogen) atoms. The second-order valence-corrected chi connectivity index (χ2v) is 5.55. The van der Waals surface area contributed by atoms with E-state index in [1.54, 1.807) is 30.8 Å². The summed E-state index contributed by atoms with van der Waals surface area (Å²) in [6.45, 7) is 3.71. The molecule has 8 heteroatoms. The molecular weight excluding hydrogens is 322 g/mol. The van der Waals surface area contributed by atoms with Crippen LogP contribution < -0.4 is 5.56 Å². The van der Waals surface area contributed by atoms with Gasteiger partial charge in [-0.05, 0) is 32.0 Å². The Bertz CT molecular complexity index is 1150. The van der Waals surface area contributed by atoms with Gasteiger partial charge in [0.25, 0.3) is 5.56 Å². The van der Waals surface area contributed by atoms with Crippen LogP contribution in [-0.2, 0) is 4.74 Å². The fourth-order valence-corrected chi connectivity index (χ4v) is 2.90. The molecule has 0 aliphatic carbocycles. The molecule has 0 unspecified atom stereocenters. The van der Waals surface area contributed by atoms with Gasteiger partial charge in [0.1, 0.15) is 0 Å². The molecule has 1 aromatic carbocycles. The summed E-state index contributed by atoms with van der Waals surface area (Å²) < 4.78 is 8.57. The number of aromatic nitrogens is 5. The minimum Gasteiger partial charge on any atom is -0.461 e. The van der Waals surface area contributed by atoms with Crippen molar-refractivity contribution in [3.63, 3.8) is 0 Å². The molecule has 8 nitrogen and oxygen atoms in total. The Balaban J connectivity index is 2.05. The van der Waals surface area contributed by atoms with Crippen molar-refractivity contribution in [1.82, 2.24) is 23.9 Å². The quantitative estimate of drug-likeness (QED) is 0.576. The second-order valence-electron chi connectivity index (χ2n) is 5.55. The fourth-order valence-electron chi connectivity index (χ4n) is 2.90. The van der Waals surface area contributed by atoms with Crippen LogP contribution in [0.15, 0.2) is 41.7 Å². The number of ether oxygens (including phenoxy) is 1. The summed E-state index contributed by atoms with van der Waals surface area (Å²) in [6, 6.07) is 5.60. The highest BCUT2D eigenvalue weighted by Crippen LogP contribution is 2.20. The molecule has 0 spiro atoms. The van der Waals surface area contributed by atoms with Crippen LogP contribution >= 0.6 is 0 Å². The van der Waals surface area contributed by atoms with Gasteiger partial charge in [-0.1, -0.05) is 0 Å². The highest BCUT2D eigenvalue weighted by molar-refractivity contribution is 5.91. The number of carbonyl (C=O) groups excluding carboxylic acids is 1. The largest absolute Gasteiger partial charge is 0.461 e. The number of benzene rings is 1. The van der Waals surface area contributed by atoms with Gasteiger partial charge < -0.3 is 14.3 Å². The average molecular weight is 337 g/mol. The number of carbonyl (C=O) groups is 1. The summed E-state index contributed by atoms with van der Waals surface area (Å²) in [7, 11) is 0. The molecule has 4 rings (SSSR count). The molecule has 0 radical (unpaired) electrons. The molecule has 126 valence electrons. The molecule has 0 bridgehead atoms. The van der Waals surface area contributed by atoms with Crippen LogP contribution in [0.2, 0.25) is 0 Å². The molecule has 1 N–H and O–H groups in total. The number of aryl methyl sites for hydroxylation is 1. The number of H-pyrrole nitrogens is 1. The van der Waals surface area contributed by atoms with Gasteiger partial charge in [-0.3, -0.25) is 9.20 Å². The fraction of sp³-hybridized carbons (Fsp3) is 0.176. The van der Waals surface area contributed by atoms with Crippen LogP contribution in [0.4, 0.5) is 0 Å². The third kappa shape index (κ3) is 2.30. The van der Waals surface area contributed by atoms with Crippen LogP contribution in [0.1, 0.15) is 23.1 Å². The number of esters is 1. The lowest BCUT2D eigenvalue weighted by Gasteiger charge is -2.07. The number of hydrogen-bond acceptors (Lipinski definition) is 5. The van der Waals surface area contributed by atoms with Gasteiger partial charge in [0, 0.05) is 18.1 Å². The number of nitrogens with zero attached hydrogens (tertiary/aromatic N) is 4. The Hall–Kier alpha value is -3.42. The molecule has 0 fully saturated rings. The standard InChI is InChI=1S/C17H15N5O3/c1-3-25-17(24)14-10(2)22-13-8-11(21-7-6-18-9-21)4-5-12(13)19-16(23)15(22)20-14/h4-9H,3H2,1-2H3,(H,19,23). The van der Waals surface area contributed by atoms with E-state index < -0.39 is 5.97 Å². The van der Waals surface area contributed by atoms with Crippen LogP contribution in [0, 0.1) is 6.92 Å². The second kappa shape index (κ2) is 5.59. The molecule has 3 heterocycles. The number of fused-ring (bicyclic) bond motifs is 3. The maximum Gasteiger partial charge on any atom is 0.358 e. The summed E-state index contributed by atoms with van der Waals surface area (Å²) in [5.74, 6) is -0.540. The Kier molecular flexibility index (Phi) is 3.38. The van der Waals surface area contributed by atoms with E-state index in [2.05, 4.69) is 15.0 Å². The Labute approximate surface area is 141 Å². The average Bonchev–Trinajstić information content (AvgIpc) is 3.24. The molecule has 0 atom stereocenters. The lowest BCUT2D eigenvalue weighted by Crippen LogP contribution is -2.11. The van der Waals surface area contributed by atoms with Gasteiger partial charge in [-0.2, -0.15) is 0 Å². The lowest BCUT2D eigenvalue weighted by atomic mass is 10.2. The predicted octanol–water partition coefficient (Wildman–Crippen LogP) is 1.85. The first-order valence-electron chi connectivity index (χ1n) is 7.80. The zero-order valence-corrected chi connectivity index (χ0v) is 13.7. The van der Waals surface area contributed by atoms with Crippen molar-refractivity contribution in [1.29, 1.82) is 0 Å². The lowest BCUT2D eigenvalue weighted by molar-refractivity contribution is 0.0519. The minimum absolute atomic E-state index is 0.146. The molecule has 0 saturated carbocycles. The summed E-state index contributed by atoms with van der Waals surface area (Å²) in [5.41, 5.74) is 2.78. The molecular formula is C17H15N5O3. The maximum atomic E-state index is 12.3. The van der Waals surface area contributed by atoms with Crippen molar-refractivity contribution in [3.8, 4) is 5.69 Å². The van der Waals surface area contributed by atoms with Crippen molar-refractivity contribution < 1.29 is 9.53 Å². The predicted molar refractivity (Wildman–Crippen MR) is 91.1 cm³/mol. The molecule has 3 aromatic heterocycles. The van der Waals surface area contributed by atoms with E-state index in [1.807, 2.05) is 29.0 Å². The number of nitrogens with one attached hydrogen (secondary N) is 1. The third-order valence-corrected chi connectivity index (χ3v) is 4.05. The molecule has 0 aliphatic rings. The van der Waals surface area contributed by atoms with E-state index in [-0.39, 0.29) is 23.5 Å². The van der Waals surface area contributed by atoms with Crippen molar-refractivity contribution in [2.75, 3.05) is 6.61 Å². The Morgan fingerprint density at radius 3 is 2.92 bits per heavy atom. The molecule has 0 saturated heterocycles. The Morgan fingerprint density at radius 1 is 1.36 bits per heavy atom. The summed E-state index contributed by atoms with van der Waals surface area (Å²) >= 11 is 0. The summed E-state index contributed by atoms with van der Waals surface area (Å²) in [5, 5.41) is 0. The molecule has 4 aromatic rings. The van der Waals surface area contributed by atoms with E-state index in [0.717, 1.165) is 11.2 Å². The van der Waals surface area contributed by atoms with Gasteiger partial charge in [-0.25, -0.2) is 14.8 Å². The van der Waals surface area contributed by atoms with Gasteiger partial charge >= 0.3 is 5.97 Å². The van der Waals surface area contributed by atoms with Gasteiger partial charge in [0.05, 0.1) is 29.7 Å². The Morgan fingerprint density at radius 2 is 2.20 bits per heavy atom. The maximum absolute atomic E-state index is 12.3. The van der Waals surface area contributed by atoms with E-state index in [9.17, 15) is 9.59 Å². The SMILES string of the molecule is CCOC(=O)c1nc2c(=O)[nH]c3ccc(-n4ccnc4)cc3n2c1C. The van der Waals surface area contributed by atoms with Crippen molar-refractivity contribution >= 4 is 22.6 Å². The van der Waals surface area contributed by atoms with E-state index in [1.165, 1.54) is 0 Å². The number of aromatic amines is 1. The van der Waals surface area contributed by atoms with Crippen LogP contribution in [0.3, 0.4) is 0 Å². The van der Waals surface area contributed by atoms with Gasteiger partial charge in [-0.15, -0.1) is 0 Å². The highest BCUT2D eigenvalue weighted by atomic mass is 16.5. The number of rotatable bonds is 3. The van der Waals surface area contributed by atoms with Gasteiger partial charge in [0.15, 0.2) is 5.69 Å². The van der Waals surface area contributed by atoms with E-state index in [4.69, 9.17) is 4.74 Å². The first-order valence-corrected chi connectivity index (χ1v) is 7.80. The molecule has 0 aliphatic heterocycles. The zero-order chi connectivity index (χ0) is 17.6. The van der Waals surface area contributed by atoms with Crippen molar-refractivity contribution in [2.45, 2.75) is 13.8 Å². The third-order valence-electron chi connectivity index (χ3n) is 4.05.